The lowest BCUT2D eigenvalue weighted by atomic mass is 9.56. The van der Waals surface area contributed by atoms with Crippen LogP contribution in [0.2, 0.25) is 0 Å². The normalized spacial score (nSPS) is 25.2. The van der Waals surface area contributed by atoms with Crippen LogP contribution in [0.15, 0.2) is 23.2 Å². The van der Waals surface area contributed by atoms with E-state index in [4.69, 9.17) is 19.9 Å². The molecule has 0 aliphatic heterocycles. The number of aliphatic imine (C=N–C) groups is 1. The van der Waals surface area contributed by atoms with Gasteiger partial charge in [0.15, 0.2) is 5.96 Å². The highest BCUT2D eigenvalue weighted by atomic mass is 127. The molecule has 2 atom stereocenters. The van der Waals surface area contributed by atoms with Crippen LogP contribution in [0.25, 0.3) is 0 Å². The number of nitrogens with two attached hydrogens (primary N) is 1. The predicted molar refractivity (Wildman–Crippen MR) is 108 cm³/mol. The summed E-state index contributed by atoms with van der Waals surface area (Å²) in [5, 5.41) is 3.10. The Morgan fingerprint density at radius 1 is 1.21 bits per heavy atom. The number of rotatable bonds is 5. The number of ether oxygens (including phenoxy) is 3. The number of benzene rings is 1. The van der Waals surface area contributed by atoms with Gasteiger partial charge < -0.3 is 25.3 Å². The van der Waals surface area contributed by atoms with E-state index < -0.39 is 0 Å². The smallest absolute Gasteiger partial charge is 0.193 e. The molecule has 0 amide bonds. The molecule has 0 bridgehead atoms. The lowest BCUT2D eigenvalue weighted by Gasteiger charge is -2.57. The van der Waals surface area contributed by atoms with Crippen molar-refractivity contribution in [2.24, 2.45) is 16.1 Å². The van der Waals surface area contributed by atoms with Gasteiger partial charge in [-0.25, -0.2) is 4.99 Å². The number of anilines is 1. The summed E-state index contributed by atoms with van der Waals surface area (Å²) >= 11 is 0. The van der Waals surface area contributed by atoms with Crippen LogP contribution >= 0.6 is 24.0 Å². The number of nitrogens with zero attached hydrogens (tertiary/aromatic N) is 1. The molecule has 0 aromatic heterocycles. The van der Waals surface area contributed by atoms with Crippen LogP contribution in [0.3, 0.4) is 0 Å². The molecule has 0 spiro atoms. The summed E-state index contributed by atoms with van der Waals surface area (Å²) in [5.41, 5.74) is 6.56. The molecule has 0 saturated heterocycles. The fourth-order valence-electron chi connectivity index (χ4n) is 2.91. The largest absolute Gasteiger partial charge is 0.497 e. The van der Waals surface area contributed by atoms with Gasteiger partial charge in [0.1, 0.15) is 11.5 Å². The van der Waals surface area contributed by atoms with E-state index in [0.29, 0.717) is 11.7 Å². The molecule has 6 nitrogen and oxygen atoms in total. The number of halogens is 1. The van der Waals surface area contributed by atoms with Gasteiger partial charge in [0, 0.05) is 18.6 Å². The Hall–Kier alpha value is -1.22. The Labute approximate surface area is 161 Å². The first-order chi connectivity index (χ1) is 10.8. The molecule has 2 rings (SSSR count). The first kappa shape index (κ1) is 20.8. The number of hydrogen-bond acceptors (Lipinski definition) is 4. The topological polar surface area (TPSA) is 78.1 Å². The van der Waals surface area contributed by atoms with Gasteiger partial charge in [-0.3, -0.25) is 0 Å². The number of methoxy groups -OCH3 is 3. The van der Waals surface area contributed by atoms with Crippen molar-refractivity contribution < 1.29 is 14.2 Å². The van der Waals surface area contributed by atoms with E-state index in [1.165, 1.54) is 0 Å². The standard InChI is InChI=1S/C17H27N3O3.HI/c1-16(2)14(10-17(16,3)23-6)20-15(18)19-12-9-11(21-4)7-8-13(12)22-5;/h7-9,14H,10H2,1-6H3,(H3,18,19,20);1H. The summed E-state index contributed by atoms with van der Waals surface area (Å²) < 4.78 is 16.2. The number of nitrogens with one attached hydrogen (secondary N) is 1. The van der Waals surface area contributed by atoms with E-state index in [9.17, 15) is 0 Å². The van der Waals surface area contributed by atoms with Gasteiger partial charge in [-0.2, -0.15) is 0 Å². The summed E-state index contributed by atoms with van der Waals surface area (Å²) in [4.78, 5) is 4.61. The minimum Gasteiger partial charge on any atom is -0.497 e. The third-order valence-electron chi connectivity index (χ3n) is 5.19. The second-order valence-corrected chi connectivity index (χ2v) is 6.58. The molecule has 1 saturated carbocycles. The van der Waals surface area contributed by atoms with Gasteiger partial charge in [0.25, 0.3) is 0 Å². The Balaban J connectivity index is 0.00000288. The Morgan fingerprint density at radius 2 is 1.88 bits per heavy atom. The average molecular weight is 449 g/mol. The van der Waals surface area contributed by atoms with Crippen LogP contribution in [-0.4, -0.2) is 38.9 Å². The van der Waals surface area contributed by atoms with Crippen molar-refractivity contribution in [3.8, 4) is 11.5 Å². The molecule has 1 aliphatic carbocycles. The van der Waals surface area contributed by atoms with E-state index in [-0.39, 0.29) is 41.0 Å². The highest BCUT2D eigenvalue weighted by molar-refractivity contribution is 14.0. The van der Waals surface area contributed by atoms with Crippen molar-refractivity contribution in [3.05, 3.63) is 18.2 Å². The van der Waals surface area contributed by atoms with Crippen LogP contribution in [-0.2, 0) is 4.74 Å². The van der Waals surface area contributed by atoms with Crippen molar-refractivity contribution in [2.45, 2.75) is 38.8 Å². The molecule has 136 valence electrons. The fraction of sp³-hybridized carbons (Fsp3) is 0.588. The summed E-state index contributed by atoms with van der Waals surface area (Å²) in [6.07, 6.45) is 0.841. The Morgan fingerprint density at radius 3 is 2.38 bits per heavy atom. The van der Waals surface area contributed by atoms with Crippen molar-refractivity contribution in [2.75, 3.05) is 26.6 Å². The van der Waals surface area contributed by atoms with Gasteiger partial charge >= 0.3 is 0 Å². The average Bonchev–Trinajstić information content (AvgIpc) is 2.53. The third-order valence-corrected chi connectivity index (χ3v) is 5.19. The third kappa shape index (κ3) is 3.72. The lowest BCUT2D eigenvalue weighted by Crippen LogP contribution is -2.62. The fourth-order valence-corrected chi connectivity index (χ4v) is 2.91. The molecule has 0 radical (unpaired) electrons. The van der Waals surface area contributed by atoms with Crippen molar-refractivity contribution in [1.29, 1.82) is 0 Å². The van der Waals surface area contributed by atoms with Gasteiger partial charge in [-0.15, -0.1) is 24.0 Å². The van der Waals surface area contributed by atoms with Gasteiger partial charge in [0.05, 0.1) is 31.5 Å². The number of guanidine groups is 1. The highest BCUT2D eigenvalue weighted by Crippen LogP contribution is 2.53. The second-order valence-electron chi connectivity index (χ2n) is 6.58. The SMILES string of the molecule is COc1ccc(OC)c(NC(N)=NC2CC(C)(OC)C2(C)C)c1.I. The maximum absolute atomic E-state index is 6.08. The zero-order chi connectivity index (χ0) is 17.3. The summed E-state index contributed by atoms with van der Waals surface area (Å²) in [6, 6.07) is 5.59. The van der Waals surface area contributed by atoms with Gasteiger partial charge in [-0.05, 0) is 25.5 Å². The van der Waals surface area contributed by atoms with E-state index in [0.717, 1.165) is 17.9 Å². The first-order valence-electron chi connectivity index (χ1n) is 7.65. The maximum atomic E-state index is 6.08. The molecule has 1 fully saturated rings. The molecule has 1 aromatic rings. The minimum absolute atomic E-state index is 0. The minimum atomic E-state index is -0.172. The van der Waals surface area contributed by atoms with Gasteiger partial charge in [-0.1, -0.05) is 13.8 Å². The quantitative estimate of drug-likeness (QED) is 0.410. The summed E-state index contributed by atoms with van der Waals surface area (Å²) in [6.45, 7) is 6.40. The van der Waals surface area contributed by atoms with Crippen LogP contribution in [0.4, 0.5) is 5.69 Å². The lowest BCUT2D eigenvalue weighted by molar-refractivity contribution is -0.171. The first-order valence-corrected chi connectivity index (χ1v) is 7.65. The van der Waals surface area contributed by atoms with Gasteiger partial charge in [0.2, 0.25) is 0 Å². The molecule has 0 heterocycles. The highest BCUT2D eigenvalue weighted by Gasteiger charge is 2.58. The molecule has 24 heavy (non-hydrogen) atoms. The summed E-state index contributed by atoms with van der Waals surface area (Å²) in [5.74, 6) is 1.75. The Bertz CT molecular complexity index is 607. The van der Waals surface area contributed by atoms with E-state index >= 15 is 0 Å². The zero-order valence-corrected chi connectivity index (χ0v) is 17.5. The molecular formula is C17H28IN3O3. The Kier molecular flexibility index (Phi) is 6.75. The van der Waals surface area contributed by atoms with Crippen molar-refractivity contribution in [3.63, 3.8) is 0 Å². The number of hydrogen-bond donors (Lipinski definition) is 2. The molecule has 7 heteroatoms. The van der Waals surface area contributed by atoms with Crippen molar-refractivity contribution in [1.82, 2.24) is 0 Å². The predicted octanol–water partition coefficient (Wildman–Crippen LogP) is 3.25. The molecular weight excluding hydrogens is 421 g/mol. The van der Waals surface area contributed by atoms with E-state index in [1.807, 2.05) is 18.2 Å². The van der Waals surface area contributed by atoms with Crippen molar-refractivity contribution >= 4 is 35.6 Å². The summed E-state index contributed by atoms with van der Waals surface area (Å²) in [7, 11) is 4.97. The van der Waals surface area contributed by atoms with Crippen LogP contribution in [0.5, 0.6) is 11.5 Å². The van der Waals surface area contributed by atoms with Crippen LogP contribution < -0.4 is 20.5 Å². The van der Waals surface area contributed by atoms with E-state index in [2.05, 4.69) is 31.1 Å². The monoisotopic (exact) mass is 449 g/mol. The molecule has 1 aromatic carbocycles. The molecule has 1 aliphatic rings. The zero-order valence-electron chi connectivity index (χ0n) is 15.2. The second kappa shape index (κ2) is 7.77. The van der Waals surface area contributed by atoms with E-state index in [1.54, 1.807) is 21.3 Å². The van der Waals surface area contributed by atoms with Crippen LogP contribution in [0, 0.1) is 5.41 Å². The maximum Gasteiger partial charge on any atom is 0.193 e. The molecule has 3 N–H and O–H groups in total. The molecule has 2 unspecified atom stereocenters. The van der Waals surface area contributed by atoms with Crippen LogP contribution in [0.1, 0.15) is 27.2 Å².